The third-order valence-corrected chi connectivity index (χ3v) is 4.36. The molecule has 4 nitrogen and oxygen atoms in total. The molecule has 0 saturated carbocycles. The Balaban J connectivity index is 1.69. The molecule has 132 valence electrons. The van der Waals surface area contributed by atoms with E-state index < -0.39 is 0 Å². The van der Waals surface area contributed by atoms with Gasteiger partial charge in [0, 0.05) is 17.0 Å². The number of nitrogens with one attached hydrogen (secondary N) is 1. The number of halogens is 1. The van der Waals surface area contributed by atoms with E-state index in [1.165, 1.54) is 0 Å². The molecule has 2 aromatic carbocycles. The van der Waals surface area contributed by atoms with Crippen molar-refractivity contribution in [2.24, 2.45) is 0 Å². The molecule has 2 aromatic rings. The van der Waals surface area contributed by atoms with Crippen molar-refractivity contribution in [3.05, 3.63) is 58.6 Å². The van der Waals surface area contributed by atoms with Crippen molar-refractivity contribution in [2.75, 3.05) is 6.61 Å². The number of carbonyl (C=O) groups is 1. The topological polar surface area (TPSA) is 47.6 Å². The van der Waals surface area contributed by atoms with Crippen molar-refractivity contribution in [2.45, 2.75) is 38.8 Å². The van der Waals surface area contributed by atoms with Crippen molar-refractivity contribution in [3.8, 4) is 11.5 Å². The molecule has 5 heteroatoms. The van der Waals surface area contributed by atoms with E-state index in [1.54, 1.807) is 24.3 Å². The van der Waals surface area contributed by atoms with Gasteiger partial charge in [0.15, 0.2) is 6.61 Å². The first-order valence-corrected chi connectivity index (χ1v) is 8.67. The molecule has 1 heterocycles. The highest BCUT2D eigenvalue weighted by Gasteiger charge is 2.34. The smallest absolute Gasteiger partial charge is 0.258 e. The van der Waals surface area contributed by atoms with E-state index in [2.05, 4.69) is 11.4 Å². The minimum absolute atomic E-state index is 0.0563. The van der Waals surface area contributed by atoms with Crippen LogP contribution in [-0.4, -0.2) is 18.1 Å². The Labute approximate surface area is 153 Å². The molecule has 0 bridgehead atoms. The van der Waals surface area contributed by atoms with Crippen molar-refractivity contribution < 1.29 is 14.3 Å². The molecule has 0 aromatic heterocycles. The summed E-state index contributed by atoms with van der Waals surface area (Å²) in [6, 6.07) is 12.9. The first-order chi connectivity index (χ1) is 11.8. The number of carbonyl (C=O) groups excluding carboxylic acids is 1. The average Bonchev–Trinajstić information content (AvgIpc) is 2.53. The van der Waals surface area contributed by atoms with Crippen molar-refractivity contribution >= 4 is 17.5 Å². The summed E-state index contributed by atoms with van der Waals surface area (Å²) in [7, 11) is 0. The van der Waals surface area contributed by atoms with Gasteiger partial charge in [0.25, 0.3) is 5.91 Å². The maximum atomic E-state index is 12.4. The minimum Gasteiger partial charge on any atom is -0.487 e. The van der Waals surface area contributed by atoms with Crippen LogP contribution in [-0.2, 0) is 4.79 Å². The summed E-state index contributed by atoms with van der Waals surface area (Å²) in [4.78, 5) is 12.4. The van der Waals surface area contributed by atoms with Crippen molar-refractivity contribution in [3.63, 3.8) is 0 Å². The minimum atomic E-state index is -0.339. The quantitative estimate of drug-likeness (QED) is 0.877. The molecule has 0 radical (unpaired) electrons. The highest BCUT2D eigenvalue weighted by molar-refractivity contribution is 6.30. The zero-order valence-corrected chi connectivity index (χ0v) is 15.4. The Bertz CT molecular complexity index is 788. The Kier molecular flexibility index (Phi) is 4.91. The first-order valence-electron chi connectivity index (χ1n) is 8.30. The predicted molar refractivity (Wildman–Crippen MR) is 98.3 cm³/mol. The van der Waals surface area contributed by atoms with E-state index in [0.717, 1.165) is 16.9 Å². The normalized spacial score (nSPS) is 18.0. The molecular weight excluding hydrogens is 338 g/mol. The molecule has 1 atom stereocenters. The van der Waals surface area contributed by atoms with Gasteiger partial charge in [-0.25, -0.2) is 0 Å². The number of ether oxygens (including phenoxy) is 2. The van der Waals surface area contributed by atoms with Gasteiger partial charge in [-0.1, -0.05) is 35.4 Å². The van der Waals surface area contributed by atoms with Crippen LogP contribution in [0.25, 0.3) is 0 Å². The average molecular weight is 360 g/mol. The molecule has 1 aliphatic heterocycles. The van der Waals surface area contributed by atoms with E-state index in [-0.39, 0.29) is 24.2 Å². The van der Waals surface area contributed by atoms with Crippen LogP contribution in [0.15, 0.2) is 42.5 Å². The van der Waals surface area contributed by atoms with Gasteiger partial charge in [-0.15, -0.1) is 0 Å². The summed E-state index contributed by atoms with van der Waals surface area (Å²) in [6.45, 7) is 6.02. The van der Waals surface area contributed by atoms with E-state index >= 15 is 0 Å². The van der Waals surface area contributed by atoms with Gasteiger partial charge in [0.1, 0.15) is 17.1 Å². The summed E-state index contributed by atoms with van der Waals surface area (Å²) in [5.74, 6) is 1.23. The van der Waals surface area contributed by atoms with Gasteiger partial charge < -0.3 is 14.8 Å². The number of benzene rings is 2. The molecule has 25 heavy (non-hydrogen) atoms. The fourth-order valence-corrected chi connectivity index (χ4v) is 3.22. The standard InChI is InChI=1S/C20H22ClNO3/c1-13-7-8-18-16(9-13)17(11-20(2,3)25-18)22-19(23)12-24-15-6-4-5-14(21)10-15/h4-10,17H,11-12H2,1-3H3,(H,22,23)/t17-/m1/s1. The summed E-state index contributed by atoms with van der Waals surface area (Å²) < 4.78 is 11.6. The van der Waals surface area contributed by atoms with Gasteiger partial charge in [-0.05, 0) is 45.0 Å². The summed E-state index contributed by atoms with van der Waals surface area (Å²) in [5.41, 5.74) is 1.81. The molecule has 0 spiro atoms. The van der Waals surface area contributed by atoms with E-state index in [4.69, 9.17) is 21.1 Å². The van der Waals surface area contributed by atoms with Crippen LogP contribution in [0, 0.1) is 6.92 Å². The Hall–Kier alpha value is -2.20. The van der Waals surface area contributed by atoms with Gasteiger partial charge in [0.2, 0.25) is 0 Å². The molecule has 0 fully saturated rings. The summed E-state index contributed by atoms with van der Waals surface area (Å²) in [5, 5.41) is 3.64. The summed E-state index contributed by atoms with van der Waals surface area (Å²) >= 11 is 5.92. The molecule has 3 rings (SSSR count). The third-order valence-electron chi connectivity index (χ3n) is 4.12. The molecule has 0 aliphatic carbocycles. The van der Waals surface area contributed by atoms with Crippen LogP contribution >= 0.6 is 11.6 Å². The number of aryl methyl sites for hydroxylation is 1. The highest BCUT2D eigenvalue weighted by atomic mass is 35.5. The van der Waals surface area contributed by atoms with E-state index in [1.807, 2.05) is 32.9 Å². The monoisotopic (exact) mass is 359 g/mol. The fraction of sp³-hybridized carbons (Fsp3) is 0.350. The molecule has 1 amide bonds. The van der Waals surface area contributed by atoms with E-state index in [9.17, 15) is 4.79 Å². The number of fused-ring (bicyclic) bond motifs is 1. The zero-order chi connectivity index (χ0) is 18.0. The lowest BCUT2D eigenvalue weighted by Gasteiger charge is -2.38. The van der Waals surface area contributed by atoms with Crippen LogP contribution in [0.5, 0.6) is 11.5 Å². The Morgan fingerprint density at radius 2 is 2.12 bits per heavy atom. The number of amides is 1. The lowest BCUT2D eigenvalue weighted by Crippen LogP contribution is -2.42. The Morgan fingerprint density at radius 3 is 2.88 bits per heavy atom. The zero-order valence-electron chi connectivity index (χ0n) is 14.6. The maximum absolute atomic E-state index is 12.4. The van der Waals surface area contributed by atoms with Crippen LogP contribution in [0.2, 0.25) is 5.02 Å². The maximum Gasteiger partial charge on any atom is 0.258 e. The first kappa shape index (κ1) is 17.6. The van der Waals surface area contributed by atoms with E-state index in [0.29, 0.717) is 17.2 Å². The molecule has 1 aliphatic rings. The third kappa shape index (κ3) is 4.45. The molecule has 0 saturated heterocycles. The van der Waals surface area contributed by atoms with Crippen molar-refractivity contribution in [1.82, 2.24) is 5.32 Å². The number of hydrogen-bond acceptors (Lipinski definition) is 3. The SMILES string of the molecule is Cc1ccc2c(c1)[C@H](NC(=O)COc1cccc(Cl)c1)CC(C)(C)O2. The fourth-order valence-electron chi connectivity index (χ4n) is 3.04. The number of hydrogen-bond donors (Lipinski definition) is 1. The second-order valence-corrected chi connectivity index (χ2v) is 7.41. The van der Waals surface area contributed by atoms with Crippen LogP contribution in [0.3, 0.4) is 0 Å². The Morgan fingerprint density at radius 1 is 1.32 bits per heavy atom. The second-order valence-electron chi connectivity index (χ2n) is 6.97. The van der Waals surface area contributed by atoms with Gasteiger partial charge in [-0.3, -0.25) is 4.79 Å². The lowest BCUT2D eigenvalue weighted by atomic mass is 9.89. The molecule has 0 unspecified atom stereocenters. The van der Waals surface area contributed by atoms with Gasteiger partial charge >= 0.3 is 0 Å². The number of rotatable bonds is 4. The van der Waals surface area contributed by atoms with Crippen LogP contribution in [0.4, 0.5) is 0 Å². The van der Waals surface area contributed by atoms with Crippen LogP contribution in [0.1, 0.15) is 37.4 Å². The van der Waals surface area contributed by atoms with Crippen molar-refractivity contribution in [1.29, 1.82) is 0 Å². The largest absolute Gasteiger partial charge is 0.487 e. The molecular formula is C20H22ClNO3. The molecule has 1 N–H and O–H groups in total. The summed E-state index contributed by atoms with van der Waals surface area (Å²) in [6.07, 6.45) is 0.701. The highest BCUT2D eigenvalue weighted by Crippen LogP contribution is 2.39. The lowest BCUT2D eigenvalue weighted by molar-refractivity contribution is -0.124. The predicted octanol–water partition coefficient (Wildman–Crippen LogP) is 4.45. The van der Waals surface area contributed by atoms with Crippen LogP contribution < -0.4 is 14.8 Å². The van der Waals surface area contributed by atoms with Gasteiger partial charge in [-0.2, -0.15) is 0 Å². The van der Waals surface area contributed by atoms with Gasteiger partial charge in [0.05, 0.1) is 6.04 Å². The second kappa shape index (κ2) is 6.96.